The zero-order valence-corrected chi connectivity index (χ0v) is 14.6. The Bertz CT molecular complexity index is 980. The van der Waals surface area contributed by atoms with E-state index in [9.17, 15) is 8.42 Å². The van der Waals surface area contributed by atoms with Crippen molar-refractivity contribution < 1.29 is 13.5 Å². The van der Waals surface area contributed by atoms with Crippen LogP contribution in [0.1, 0.15) is 11.1 Å². The van der Waals surface area contributed by atoms with Crippen LogP contribution >= 0.6 is 22.9 Å². The Morgan fingerprint density at radius 2 is 2.00 bits per heavy atom. The van der Waals surface area contributed by atoms with E-state index in [1.54, 1.807) is 43.3 Å². The number of hydrogen-bond donors (Lipinski definition) is 2. The Labute approximate surface area is 143 Å². The molecule has 0 aliphatic carbocycles. The molecule has 0 radical (unpaired) electrons. The van der Waals surface area contributed by atoms with Crippen molar-refractivity contribution >= 4 is 48.7 Å². The van der Waals surface area contributed by atoms with Gasteiger partial charge in [-0.2, -0.15) is 0 Å². The number of rotatable bonds is 4. The second-order valence-electron chi connectivity index (χ2n) is 5.12. The van der Waals surface area contributed by atoms with E-state index < -0.39 is 10.0 Å². The lowest BCUT2D eigenvalue weighted by molar-refractivity contribution is 0.282. The van der Waals surface area contributed by atoms with E-state index in [0.717, 1.165) is 10.1 Å². The average molecular weight is 368 g/mol. The van der Waals surface area contributed by atoms with Crippen LogP contribution in [0.15, 0.2) is 46.7 Å². The number of aryl methyl sites for hydroxylation is 1. The quantitative estimate of drug-likeness (QED) is 0.727. The number of benzene rings is 2. The van der Waals surface area contributed by atoms with Gasteiger partial charge in [0.25, 0.3) is 10.0 Å². The molecular weight excluding hydrogens is 354 g/mol. The minimum Gasteiger partial charge on any atom is -0.392 e. The molecule has 1 heterocycles. The molecule has 120 valence electrons. The first kappa shape index (κ1) is 16.3. The standard InChI is InChI=1S/C16H14ClNO3S2/c1-10-14-8-12(17)5-6-15(14)22-16(10)23(20,21)18-13-4-2-3-11(7-13)9-19/h2-8,18-19H,9H2,1H3. The van der Waals surface area contributed by atoms with Crippen LogP contribution in [0.5, 0.6) is 0 Å². The molecule has 1 aromatic heterocycles. The molecule has 23 heavy (non-hydrogen) atoms. The summed E-state index contributed by atoms with van der Waals surface area (Å²) in [6, 6.07) is 12.0. The van der Waals surface area contributed by atoms with Crippen LogP contribution in [0.4, 0.5) is 5.69 Å². The van der Waals surface area contributed by atoms with E-state index in [2.05, 4.69) is 4.72 Å². The Morgan fingerprint density at radius 1 is 1.22 bits per heavy atom. The van der Waals surface area contributed by atoms with Crippen molar-refractivity contribution in [1.82, 2.24) is 0 Å². The van der Waals surface area contributed by atoms with Crippen molar-refractivity contribution in [1.29, 1.82) is 0 Å². The minimum atomic E-state index is -3.70. The Kier molecular flexibility index (Phi) is 4.33. The van der Waals surface area contributed by atoms with Crippen molar-refractivity contribution in [2.45, 2.75) is 17.7 Å². The molecule has 0 unspecified atom stereocenters. The highest BCUT2D eigenvalue weighted by Gasteiger charge is 2.22. The number of thiophene rings is 1. The van der Waals surface area contributed by atoms with Crippen molar-refractivity contribution in [2.24, 2.45) is 0 Å². The molecule has 0 saturated carbocycles. The molecule has 0 aliphatic rings. The van der Waals surface area contributed by atoms with E-state index >= 15 is 0 Å². The van der Waals surface area contributed by atoms with Crippen molar-refractivity contribution in [3.8, 4) is 0 Å². The van der Waals surface area contributed by atoms with Gasteiger partial charge in [-0.3, -0.25) is 4.72 Å². The summed E-state index contributed by atoms with van der Waals surface area (Å²) in [5.41, 5.74) is 1.75. The summed E-state index contributed by atoms with van der Waals surface area (Å²) < 4.78 is 29.1. The topological polar surface area (TPSA) is 66.4 Å². The molecule has 0 spiro atoms. The van der Waals surface area contributed by atoms with Gasteiger partial charge in [0.05, 0.1) is 6.61 Å². The summed E-state index contributed by atoms with van der Waals surface area (Å²) in [5.74, 6) is 0. The zero-order valence-electron chi connectivity index (χ0n) is 12.2. The van der Waals surface area contributed by atoms with Crippen LogP contribution in [0.25, 0.3) is 10.1 Å². The maximum atomic E-state index is 12.7. The zero-order chi connectivity index (χ0) is 16.6. The first-order chi connectivity index (χ1) is 10.9. The van der Waals surface area contributed by atoms with Gasteiger partial charge >= 0.3 is 0 Å². The fraction of sp³-hybridized carbons (Fsp3) is 0.125. The molecule has 0 fully saturated rings. The molecule has 0 atom stereocenters. The van der Waals surface area contributed by atoms with Gasteiger partial charge in [0.2, 0.25) is 0 Å². The number of anilines is 1. The fourth-order valence-corrected chi connectivity index (χ4v) is 5.33. The van der Waals surface area contributed by atoms with Gasteiger partial charge in [-0.05, 0) is 53.8 Å². The van der Waals surface area contributed by atoms with Crippen LogP contribution in [0, 0.1) is 6.92 Å². The first-order valence-corrected chi connectivity index (χ1v) is 9.50. The Morgan fingerprint density at radius 3 is 2.74 bits per heavy atom. The predicted molar refractivity (Wildman–Crippen MR) is 94.7 cm³/mol. The molecular formula is C16H14ClNO3S2. The van der Waals surface area contributed by atoms with Crippen LogP contribution in [-0.2, 0) is 16.6 Å². The summed E-state index contributed by atoms with van der Waals surface area (Å²) in [5, 5.41) is 10.6. The second-order valence-corrected chi connectivity index (χ2v) is 8.49. The second kappa shape index (κ2) is 6.13. The molecule has 7 heteroatoms. The number of aliphatic hydroxyl groups excluding tert-OH is 1. The highest BCUT2D eigenvalue weighted by atomic mass is 35.5. The maximum Gasteiger partial charge on any atom is 0.271 e. The highest BCUT2D eigenvalue weighted by Crippen LogP contribution is 2.36. The number of aliphatic hydroxyl groups is 1. The smallest absolute Gasteiger partial charge is 0.271 e. The van der Waals surface area contributed by atoms with Crippen LogP contribution in [0.2, 0.25) is 5.02 Å². The van der Waals surface area contributed by atoms with E-state index in [0.29, 0.717) is 21.8 Å². The van der Waals surface area contributed by atoms with Crippen molar-refractivity contribution in [3.63, 3.8) is 0 Å². The SMILES string of the molecule is Cc1c(S(=O)(=O)Nc2cccc(CO)c2)sc2ccc(Cl)cc12. The van der Waals surface area contributed by atoms with Gasteiger partial charge in [-0.15, -0.1) is 11.3 Å². The molecule has 3 aromatic rings. The number of sulfonamides is 1. The van der Waals surface area contributed by atoms with Gasteiger partial charge in [0.15, 0.2) is 0 Å². The summed E-state index contributed by atoms with van der Waals surface area (Å²) in [6.45, 7) is 1.63. The monoisotopic (exact) mass is 367 g/mol. The Hall–Kier alpha value is -1.60. The number of nitrogens with one attached hydrogen (secondary N) is 1. The van der Waals surface area contributed by atoms with Gasteiger partial charge in [0.1, 0.15) is 4.21 Å². The number of halogens is 1. The van der Waals surface area contributed by atoms with Crippen molar-refractivity contribution in [2.75, 3.05) is 4.72 Å². The lowest BCUT2D eigenvalue weighted by Gasteiger charge is -2.08. The van der Waals surface area contributed by atoms with Crippen LogP contribution in [0.3, 0.4) is 0 Å². The van der Waals surface area contributed by atoms with Gasteiger partial charge in [-0.1, -0.05) is 23.7 Å². The maximum absolute atomic E-state index is 12.7. The molecule has 0 bridgehead atoms. The largest absolute Gasteiger partial charge is 0.392 e. The normalized spacial score (nSPS) is 11.8. The molecule has 0 aliphatic heterocycles. The Balaban J connectivity index is 2.04. The highest BCUT2D eigenvalue weighted by molar-refractivity contribution is 7.94. The fourth-order valence-electron chi connectivity index (χ4n) is 2.36. The molecule has 0 amide bonds. The molecule has 2 N–H and O–H groups in total. The van der Waals surface area contributed by atoms with Crippen LogP contribution in [-0.4, -0.2) is 13.5 Å². The molecule has 0 saturated heterocycles. The van der Waals surface area contributed by atoms with Crippen LogP contribution < -0.4 is 4.72 Å². The minimum absolute atomic E-state index is 0.143. The van der Waals surface area contributed by atoms with Gasteiger partial charge in [-0.25, -0.2) is 8.42 Å². The lowest BCUT2D eigenvalue weighted by atomic mass is 10.2. The third kappa shape index (κ3) is 3.21. The lowest BCUT2D eigenvalue weighted by Crippen LogP contribution is -2.12. The molecule has 2 aromatic carbocycles. The summed E-state index contributed by atoms with van der Waals surface area (Å²) in [6.07, 6.45) is 0. The number of fused-ring (bicyclic) bond motifs is 1. The van der Waals surface area contributed by atoms with Gasteiger partial charge in [0, 0.05) is 15.4 Å². The molecule has 3 rings (SSSR count). The van der Waals surface area contributed by atoms with E-state index in [4.69, 9.17) is 16.7 Å². The summed E-state index contributed by atoms with van der Waals surface area (Å²) >= 11 is 7.20. The summed E-state index contributed by atoms with van der Waals surface area (Å²) in [7, 11) is -3.70. The van der Waals surface area contributed by atoms with E-state index in [1.807, 2.05) is 6.07 Å². The third-order valence-corrected chi connectivity index (χ3v) is 6.97. The number of hydrogen-bond acceptors (Lipinski definition) is 4. The first-order valence-electron chi connectivity index (χ1n) is 6.82. The van der Waals surface area contributed by atoms with Crippen molar-refractivity contribution in [3.05, 3.63) is 58.6 Å². The van der Waals surface area contributed by atoms with E-state index in [1.165, 1.54) is 11.3 Å². The predicted octanol–water partition coefficient (Wildman–Crippen LogP) is 4.16. The summed E-state index contributed by atoms with van der Waals surface area (Å²) in [4.78, 5) is 0. The third-order valence-electron chi connectivity index (χ3n) is 3.46. The molecule has 4 nitrogen and oxygen atoms in total. The average Bonchev–Trinajstić information content (AvgIpc) is 2.85. The van der Waals surface area contributed by atoms with Gasteiger partial charge < -0.3 is 5.11 Å². The van der Waals surface area contributed by atoms with E-state index in [-0.39, 0.29) is 10.8 Å².